The monoisotopic (exact) mass is 280 g/mol. The molecule has 0 spiro atoms. The van der Waals surface area contributed by atoms with Crippen molar-refractivity contribution < 1.29 is 19.4 Å². The topological polar surface area (TPSA) is 62.4 Å². The van der Waals surface area contributed by atoms with Gasteiger partial charge in [0.05, 0.1) is 5.41 Å². The van der Waals surface area contributed by atoms with E-state index in [0.29, 0.717) is 18.3 Å². The highest BCUT2D eigenvalue weighted by atomic mass is 17.0. The first-order valence-electron chi connectivity index (χ1n) is 8.10. The summed E-state index contributed by atoms with van der Waals surface area (Å²) >= 11 is 0. The van der Waals surface area contributed by atoms with E-state index in [4.69, 9.17) is 9.47 Å². The van der Waals surface area contributed by atoms with Crippen molar-refractivity contribution in [2.24, 2.45) is 23.2 Å². The second-order valence-electron chi connectivity index (χ2n) is 7.53. The van der Waals surface area contributed by atoms with Gasteiger partial charge in [0.25, 0.3) is 0 Å². The fourth-order valence-electron chi connectivity index (χ4n) is 5.02. The number of epoxide rings is 2. The number of rotatable bonds is 3. The third kappa shape index (κ3) is 1.42. The smallest absolute Gasteiger partial charge is 0.310 e. The summed E-state index contributed by atoms with van der Waals surface area (Å²) in [6.07, 6.45) is 7.24. The van der Waals surface area contributed by atoms with Crippen molar-refractivity contribution in [3.8, 4) is 0 Å². The molecule has 112 valence electrons. The van der Waals surface area contributed by atoms with Crippen LogP contribution in [-0.4, -0.2) is 22.7 Å². The molecule has 1 N–H and O–H groups in total. The number of hydrogen-bond acceptors (Lipinski definition) is 3. The summed E-state index contributed by atoms with van der Waals surface area (Å²) < 4.78 is 11.4. The molecule has 0 aromatic carbocycles. The van der Waals surface area contributed by atoms with Gasteiger partial charge in [-0.05, 0) is 24.7 Å². The summed E-state index contributed by atoms with van der Waals surface area (Å²) in [5.74, 6) is -0.377. The third-order valence-corrected chi connectivity index (χ3v) is 6.72. The first-order chi connectivity index (χ1) is 9.46. The lowest BCUT2D eigenvalue weighted by molar-refractivity contribution is -0.163. The maximum absolute atomic E-state index is 12.1. The molecular weight excluding hydrogens is 256 g/mol. The van der Waals surface area contributed by atoms with E-state index in [0.717, 1.165) is 12.8 Å². The highest BCUT2D eigenvalue weighted by molar-refractivity contribution is 5.76. The van der Waals surface area contributed by atoms with Crippen LogP contribution in [0.1, 0.15) is 58.8 Å². The number of carboxylic acid groups (broad SMARTS) is 1. The van der Waals surface area contributed by atoms with E-state index in [9.17, 15) is 9.90 Å². The Bertz CT molecular complexity index is 453. The number of ether oxygens (including phenoxy) is 2. The van der Waals surface area contributed by atoms with E-state index in [-0.39, 0.29) is 11.7 Å². The van der Waals surface area contributed by atoms with E-state index in [2.05, 4.69) is 6.92 Å². The Morgan fingerprint density at radius 1 is 1.20 bits per heavy atom. The summed E-state index contributed by atoms with van der Waals surface area (Å²) in [5, 5.41) is 9.93. The van der Waals surface area contributed by atoms with Crippen molar-refractivity contribution in [1.82, 2.24) is 0 Å². The van der Waals surface area contributed by atoms with Gasteiger partial charge in [-0.3, -0.25) is 4.79 Å². The molecule has 4 rings (SSSR count). The molecule has 0 aromatic heterocycles. The fraction of sp³-hybridized carbons (Fsp3) is 0.938. The van der Waals surface area contributed by atoms with Crippen molar-refractivity contribution in [1.29, 1.82) is 0 Å². The zero-order valence-electron chi connectivity index (χ0n) is 12.4. The van der Waals surface area contributed by atoms with Crippen LogP contribution in [0.25, 0.3) is 0 Å². The minimum absolute atomic E-state index is 0.0321. The van der Waals surface area contributed by atoms with Crippen molar-refractivity contribution in [3.63, 3.8) is 0 Å². The zero-order chi connectivity index (χ0) is 14.2. The van der Waals surface area contributed by atoms with Crippen LogP contribution in [0.2, 0.25) is 0 Å². The molecule has 2 aliphatic heterocycles. The van der Waals surface area contributed by atoms with Crippen LogP contribution in [0.5, 0.6) is 0 Å². The van der Waals surface area contributed by atoms with Gasteiger partial charge in [-0.25, -0.2) is 0 Å². The van der Waals surface area contributed by atoms with Gasteiger partial charge in [-0.2, -0.15) is 0 Å². The van der Waals surface area contributed by atoms with Gasteiger partial charge in [0.1, 0.15) is 0 Å². The Morgan fingerprint density at radius 3 is 2.55 bits per heavy atom. The van der Waals surface area contributed by atoms with Crippen LogP contribution in [0, 0.1) is 23.2 Å². The van der Waals surface area contributed by atoms with Crippen molar-refractivity contribution in [2.45, 2.75) is 70.4 Å². The van der Waals surface area contributed by atoms with Crippen LogP contribution in [-0.2, 0) is 14.3 Å². The summed E-state index contributed by atoms with van der Waals surface area (Å²) in [4.78, 5) is 12.1. The summed E-state index contributed by atoms with van der Waals surface area (Å²) in [6, 6.07) is 0. The molecule has 2 saturated carbocycles. The zero-order valence-corrected chi connectivity index (χ0v) is 12.4. The molecule has 0 radical (unpaired) electrons. The Kier molecular flexibility index (Phi) is 2.47. The molecule has 2 saturated heterocycles. The lowest BCUT2D eigenvalue weighted by Gasteiger charge is -2.41. The summed E-state index contributed by atoms with van der Waals surface area (Å²) in [7, 11) is 0. The van der Waals surface area contributed by atoms with Gasteiger partial charge < -0.3 is 14.6 Å². The molecular formula is C16H24O4. The van der Waals surface area contributed by atoms with Gasteiger partial charge >= 0.3 is 5.97 Å². The van der Waals surface area contributed by atoms with Crippen LogP contribution in [0.4, 0.5) is 0 Å². The molecule has 4 heteroatoms. The Labute approximate surface area is 119 Å². The predicted octanol–water partition coefficient (Wildman–Crippen LogP) is 3.16. The molecule has 0 bridgehead atoms. The molecule has 20 heavy (non-hydrogen) atoms. The number of carboxylic acids is 1. The van der Waals surface area contributed by atoms with Crippen LogP contribution < -0.4 is 0 Å². The average molecular weight is 280 g/mol. The fourth-order valence-corrected chi connectivity index (χ4v) is 5.02. The average Bonchev–Trinajstić information content (AvgIpc) is 3.22. The van der Waals surface area contributed by atoms with Gasteiger partial charge in [-0.15, -0.1) is 0 Å². The number of hydrogen-bond donors (Lipinski definition) is 1. The minimum Gasteiger partial charge on any atom is -0.481 e. The van der Waals surface area contributed by atoms with Gasteiger partial charge in [0.2, 0.25) is 11.6 Å². The Morgan fingerprint density at radius 2 is 1.90 bits per heavy atom. The Hall–Kier alpha value is -0.610. The standard InChI is InChI=1S/C16H24O4/c1-10-5-3-4-6-12(10)9-14(13(17)18)7-8-15-16(19-15,20-15)11(14)2/h10-12H,3-9H2,1-2H3,(H,17,18). The predicted molar refractivity (Wildman–Crippen MR) is 71.8 cm³/mol. The van der Waals surface area contributed by atoms with Crippen molar-refractivity contribution in [2.75, 3.05) is 0 Å². The minimum atomic E-state index is -0.646. The first-order valence-corrected chi connectivity index (χ1v) is 8.10. The van der Waals surface area contributed by atoms with E-state index in [1.807, 2.05) is 6.92 Å². The van der Waals surface area contributed by atoms with E-state index < -0.39 is 17.2 Å². The summed E-state index contributed by atoms with van der Waals surface area (Å²) in [6.45, 7) is 4.31. The largest absolute Gasteiger partial charge is 0.481 e. The maximum atomic E-state index is 12.1. The molecule has 2 heterocycles. The lowest BCUT2D eigenvalue weighted by Crippen LogP contribution is -2.46. The first kappa shape index (κ1) is 13.1. The van der Waals surface area contributed by atoms with Crippen molar-refractivity contribution in [3.05, 3.63) is 0 Å². The summed E-state index contributed by atoms with van der Waals surface area (Å²) in [5.41, 5.74) is -0.646. The van der Waals surface area contributed by atoms with Gasteiger partial charge in [0, 0.05) is 12.3 Å². The van der Waals surface area contributed by atoms with Crippen LogP contribution in [0.3, 0.4) is 0 Å². The SMILES string of the molecule is CC1CCCCC1CC1(C(=O)O)CCC23OC2(O3)C1C. The Balaban J connectivity index is 1.59. The van der Waals surface area contributed by atoms with E-state index in [1.54, 1.807) is 0 Å². The normalized spacial score (nSPS) is 56.6. The van der Waals surface area contributed by atoms with Crippen molar-refractivity contribution >= 4 is 5.97 Å². The molecule has 0 amide bonds. The molecule has 4 atom stereocenters. The molecule has 2 aliphatic carbocycles. The second kappa shape index (κ2) is 3.77. The molecule has 4 aliphatic rings. The molecule has 4 nitrogen and oxygen atoms in total. The third-order valence-electron chi connectivity index (χ3n) is 6.72. The van der Waals surface area contributed by atoms with Crippen LogP contribution >= 0.6 is 0 Å². The lowest BCUT2D eigenvalue weighted by atomic mass is 9.60. The number of aliphatic carboxylic acids is 1. The number of carbonyl (C=O) groups is 1. The van der Waals surface area contributed by atoms with Crippen LogP contribution in [0.15, 0.2) is 0 Å². The molecule has 4 unspecified atom stereocenters. The van der Waals surface area contributed by atoms with E-state index >= 15 is 0 Å². The molecule has 4 fully saturated rings. The molecule has 0 aromatic rings. The van der Waals surface area contributed by atoms with E-state index in [1.165, 1.54) is 25.7 Å². The second-order valence-corrected chi connectivity index (χ2v) is 7.53. The highest BCUT2D eigenvalue weighted by Gasteiger charge is 2.96. The highest BCUT2D eigenvalue weighted by Crippen LogP contribution is 2.79. The quantitative estimate of drug-likeness (QED) is 0.807. The van der Waals surface area contributed by atoms with Gasteiger partial charge in [-0.1, -0.05) is 39.5 Å². The van der Waals surface area contributed by atoms with Gasteiger partial charge in [0.15, 0.2) is 0 Å². The maximum Gasteiger partial charge on any atom is 0.310 e.